The second kappa shape index (κ2) is 11.5. The van der Waals surface area contributed by atoms with E-state index in [1.54, 1.807) is 18.2 Å². The number of ether oxygens (including phenoxy) is 1. The van der Waals surface area contributed by atoms with E-state index in [1.807, 2.05) is 13.8 Å². The molecule has 7 nitrogen and oxygen atoms in total. The number of benzene rings is 1. The Bertz CT molecular complexity index is 1250. The van der Waals surface area contributed by atoms with Crippen LogP contribution in [0.3, 0.4) is 0 Å². The summed E-state index contributed by atoms with van der Waals surface area (Å²) in [5.74, 6) is -0.436. The van der Waals surface area contributed by atoms with Crippen molar-refractivity contribution in [2.24, 2.45) is 0 Å². The molecule has 0 bridgehead atoms. The van der Waals surface area contributed by atoms with E-state index in [0.717, 1.165) is 24.6 Å². The molecule has 1 aromatic carbocycles. The van der Waals surface area contributed by atoms with Crippen molar-refractivity contribution in [3.8, 4) is 0 Å². The van der Waals surface area contributed by atoms with Gasteiger partial charge in [-0.2, -0.15) is 21.6 Å². The van der Waals surface area contributed by atoms with Crippen LogP contribution in [0.1, 0.15) is 69.9 Å². The highest BCUT2D eigenvalue weighted by molar-refractivity contribution is 7.92. The molecular weight excluding hydrogens is 509 g/mol. The van der Waals surface area contributed by atoms with Crippen molar-refractivity contribution in [3.63, 3.8) is 0 Å². The van der Waals surface area contributed by atoms with Gasteiger partial charge in [-0.1, -0.05) is 38.8 Å². The van der Waals surface area contributed by atoms with Crippen LogP contribution in [0.15, 0.2) is 59.0 Å². The molecule has 37 heavy (non-hydrogen) atoms. The number of aryl methyl sites for hydroxylation is 1. The fourth-order valence-corrected chi connectivity index (χ4v) is 5.61. The average Bonchev–Trinajstić information content (AvgIpc) is 2.81. The number of hydrogen-bond donors (Lipinski definition) is 2. The smallest absolute Gasteiger partial charge is 0.416 e. The van der Waals surface area contributed by atoms with Gasteiger partial charge < -0.3 is 9.84 Å². The third-order valence-electron chi connectivity index (χ3n) is 6.21. The summed E-state index contributed by atoms with van der Waals surface area (Å²) in [5.41, 5.74) is -0.603. The Labute approximate surface area is 214 Å². The number of esters is 1. The Morgan fingerprint density at radius 3 is 2.43 bits per heavy atom. The van der Waals surface area contributed by atoms with Gasteiger partial charge in [-0.15, -0.1) is 0 Å². The molecule has 1 aliphatic rings. The van der Waals surface area contributed by atoms with Gasteiger partial charge in [0.05, 0.1) is 11.1 Å². The quantitative estimate of drug-likeness (QED) is 0.323. The maximum atomic E-state index is 13.0. The summed E-state index contributed by atoms with van der Waals surface area (Å²) < 4.78 is 72.1. The number of aliphatic hydroxyl groups is 1. The van der Waals surface area contributed by atoms with Crippen molar-refractivity contribution in [1.29, 1.82) is 0 Å². The fraction of sp³-hybridized carbons (Fsp3) is 0.462. The molecule has 0 unspecified atom stereocenters. The van der Waals surface area contributed by atoms with E-state index >= 15 is 0 Å². The van der Waals surface area contributed by atoms with Gasteiger partial charge in [0.1, 0.15) is 11.4 Å². The number of anilines is 1. The standard InChI is InChI=1S/C26H31F3N2O5S/c1-3-12-25(13-4-2)17-22(32)21(24(33)36-25)10-6-8-18-7-5-9-20(15-18)31-37(34,35)23-16-19(11-14-30-23)26(27,28)29/h5,7,9,11,14-16,31-32H,3-4,6,8,10,12-13,17H2,1-2H3. The van der Waals surface area contributed by atoms with Crippen LogP contribution in [0, 0.1) is 0 Å². The van der Waals surface area contributed by atoms with Crippen molar-refractivity contribution >= 4 is 21.7 Å². The first-order chi connectivity index (χ1) is 17.4. The summed E-state index contributed by atoms with van der Waals surface area (Å²) in [5, 5.41) is 9.86. The van der Waals surface area contributed by atoms with Crippen LogP contribution in [0.2, 0.25) is 0 Å². The van der Waals surface area contributed by atoms with Gasteiger partial charge in [-0.25, -0.2) is 9.78 Å². The number of sulfonamides is 1. The number of carbonyl (C=O) groups is 1. The topological polar surface area (TPSA) is 106 Å². The van der Waals surface area contributed by atoms with E-state index in [2.05, 4.69) is 9.71 Å². The predicted octanol–water partition coefficient (Wildman–Crippen LogP) is 6.32. The van der Waals surface area contributed by atoms with Crippen molar-refractivity contribution in [2.45, 2.75) is 82.0 Å². The molecule has 0 atom stereocenters. The van der Waals surface area contributed by atoms with Gasteiger partial charge in [0, 0.05) is 18.3 Å². The van der Waals surface area contributed by atoms with E-state index < -0.39 is 38.4 Å². The minimum absolute atomic E-state index is 0.0632. The van der Waals surface area contributed by atoms with E-state index in [1.165, 1.54) is 6.07 Å². The van der Waals surface area contributed by atoms with Crippen molar-refractivity contribution in [3.05, 3.63) is 65.1 Å². The number of nitrogens with zero attached hydrogens (tertiary/aromatic N) is 1. The normalized spacial score (nSPS) is 16.0. The molecule has 0 amide bonds. The molecule has 0 fully saturated rings. The first kappa shape index (κ1) is 28.5. The van der Waals surface area contributed by atoms with E-state index in [0.29, 0.717) is 50.7 Å². The number of aromatic nitrogens is 1. The lowest BCUT2D eigenvalue weighted by molar-refractivity contribution is -0.161. The molecule has 3 rings (SSSR count). The van der Waals surface area contributed by atoms with Gasteiger partial charge in [0.2, 0.25) is 0 Å². The summed E-state index contributed by atoms with van der Waals surface area (Å²) in [6.07, 6.45) is 0.688. The maximum absolute atomic E-state index is 13.0. The lowest BCUT2D eigenvalue weighted by Gasteiger charge is -2.37. The lowest BCUT2D eigenvalue weighted by Crippen LogP contribution is -2.40. The number of pyridine rings is 1. The molecule has 0 saturated carbocycles. The zero-order valence-corrected chi connectivity index (χ0v) is 21.6. The van der Waals surface area contributed by atoms with Crippen molar-refractivity contribution < 1.29 is 36.2 Å². The number of halogens is 3. The third kappa shape index (κ3) is 7.24. The van der Waals surface area contributed by atoms with Gasteiger partial charge in [-0.05, 0) is 61.9 Å². The summed E-state index contributed by atoms with van der Waals surface area (Å²) in [6.45, 7) is 4.01. The number of hydrogen-bond acceptors (Lipinski definition) is 6. The summed E-state index contributed by atoms with van der Waals surface area (Å²) >= 11 is 0. The second-order valence-electron chi connectivity index (χ2n) is 9.21. The molecule has 2 heterocycles. The zero-order valence-electron chi connectivity index (χ0n) is 20.8. The largest absolute Gasteiger partial charge is 0.512 e. The number of cyclic esters (lactones) is 1. The van der Waals surface area contributed by atoms with E-state index in [-0.39, 0.29) is 17.0 Å². The highest BCUT2D eigenvalue weighted by atomic mass is 32.2. The first-order valence-electron chi connectivity index (χ1n) is 12.2. The number of nitrogens with one attached hydrogen (secondary N) is 1. The minimum atomic E-state index is -4.70. The Balaban J connectivity index is 1.66. The molecule has 202 valence electrons. The van der Waals surface area contributed by atoms with Crippen LogP contribution in [0.25, 0.3) is 0 Å². The summed E-state index contributed by atoms with van der Waals surface area (Å²) in [4.78, 5) is 16.2. The molecule has 1 aliphatic heterocycles. The van der Waals surface area contributed by atoms with Crippen LogP contribution in [-0.4, -0.2) is 30.1 Å². The fourth-order valence-electron chi connectivity index (χ4n) is 4.59. The number of carbonyl (C=O) groups excluding carboxylic acids is 1. The second-order valence-corrected chi connectivity index (χ2v) is 10.8. The van der Waals surface area contributed by atoms with Gasteiger partial charge in [0.25, 0.3) is 10.0 Å². The first-order valence-corrected chi connectivity index (χ1v) is 13.7. The number of aliphatic hydroxyl groups excluding tert-OH is 1. The zero-order chi connectivity index (χ0) is 27.3. The molecule has 0 saturated heterocycles. The maximum Gasteiger partial charge on any atom is 0.416 e. The molecule has 11 heteroatoms. The van der Waals surface area contributed by atoms with Crippen LogP contribution in [-0.2, 0) is 32.2 Å². The van der Waals surface area contributed by atoms with Crippen molar-refractivity contribution in [2.75, 3.05) is 4.72 Å². The van der Waals surface area contributed by atoms with Gasteiger partial charge in [-0.3, -0.25) is 4.72 Å². The monoisotopic (exact) mass is 540 g/mol. The van der Waals surface area contributed by atoms with Crippen LogP contribution < -0.4 is 4.72 Å². The van der Waals surface area contributed by atoms with Crippen molar-refractivity contribution in [1.82, 2.24) is 4.98 Å². The minimum Gasteiger partial charge on any atom is -0.512 e. The highest BCUT2D eigenvalue weighted by Crippen LogP contribution is 2.37. The Morgan fingerprint density at radius 1 is 1.11 bits per heavy atom. The van der Waals surface area contributed by atoms with Crippen LogP contribution in [0.5, 0.6) is 0 Å². The van der Waals surface area contributed by atoms with Gasteiger partial charge in [0.15, 0.2) is 5.03 Å². The van der Waals surface area contributed by atoms with E-state index in [9.17, 15) is 31.5 Å². The highest BCUT2D eigenvalue weighted by Gasteiger charge is 2.40. The lowest BCUT2D eigenvalue weighted by atomic mass is 9.84. The molecule has 0 aliphatic carbocycles. The molecular formula is C26H31F3N2O5S. The molecule has 1 aromatic heterocycles. The van der Waals surface area contributed by atoms with Crippen LogP contribution in [0.4, 0.5) is 18.9 Å². The number of alkyl halides is 3. The van der Waals surface area contributed by atoms with E-state index in [4.69, 9.17) is 4.74 Å². The SMILES string of the molecule is CCCC1(CCC)CC(O)=C(CCCc2cccc(NS(=O)(=O)c3cc(C(F)(F)F)ccn3)c2)C(=O)O1. The van der Waals surface area contributed by atoms with Crippen LogP contribution >= 0.6 is 0 Å². The Hall–Kier alpha value is -3.08. The molecule has 0 radical (unpaired) electrons. The number of rotatable bonds is 11. The third-order valence-corrected chi connectivity index (χ3v) is 7.49. The summed E-state index contributed by atoms with van der Waals surface area (Å²) in [7, 11) is -4.35. The molecule has 2 N–H and O–H groups in total. The Morgan fingerprint density at radius 2 is 1.81 bits per heavy atom. The molecule has 0 spiro atoms. The van der Waals surface area contributed by atoms with Gasteiger partial charge >= 0.3 is 12.1 Å². The molecule has 2 aromatic rings. The predicted molar refractivity (Wildman–Crippen MR) is 132 cm³/mol. The summed E-state index contributed by atoms with van der Waals surface area (Å²) in [6, 6.07) is 7.59. The Kier molecular flexibility index (Phi) is 8.88. The average molecular weight is 541 g/mol.